The van der Waals surface area contributed by atoms with Gasteiger partial charge in [-0.2, -0.15) is 0 Å². The molecule has 1 aliphatic heterocycles. The lowest BCUT2D eigenvalue weighted by molar-refractivity contribution is 0.603. The molecule has 19 heavy (non-hydrogen) atoms. The Morgan fingerprint density at radius 1 is 1.21 bits per heavy atom. The van der Waals surface area contributed by atoms with Gasteiger partial charge in [-0.25, -0.2) is 14.4 Å². The number of benzene rings is 1. The van der Waals surface area contributed by atoms with Gasteiger partial charge < -0.3 is 5.32 Å². The highest BCUT2D eigenvalue weighted by Crippen LogP contribution is 2.13. The predicted molar refractivity (Wildman–Crippen MR) is 71.3 cm³/mol. The summed E-state index contributed by atoms with van der Waals surface area (Å²) in [6, 6.07) is 6.88. The molecule has 1 aromatic carbocycles. The molecule has 2 heterocycles. The van der Waals surface area contributed by atoms with Crippen LogP contribution in [-0.4, -0.2) is 16.5 Å². The van der Waals surface area contributed by atoms with Crippen molar-refractivity contribution >= 4 is 0 Å². The van der Waals surface area contributed by atoms with Crippen LogP contribution >= 0.6 is 0 Å². The molecule has 0 amide bonds. The minimum absolute atomic E-state index is 0.148. The molecule has 0 saturated heterocycles. The summed E-state index contributed by atoms with van der Waals surface area (Å²) in [5.74, 6) is 0.661. The quantitative estimate of drug-likeness (QED) is 0.914. The molecule has 0 spiro atoms. The van der Waals surface area contributed by atoms with Crippen molar-refractivity contribution in [2.75, 3.05) is 6.54 Å². The number of fused-ring (bicyclic) bond motifs is 1. The number of hydrogen-bond acceptors (Lipinski definition) is 3. The summed E-state index contributed by atoms with van der Waals surface area (Å²) in [5, 5.41) is 3.30. The van der Waals surface area contributed by atoms with E-state index in [1.165, 1.54) is 11.6 Å². The monoisotopic (exact) mass is 257 g/mol. The minimum atomic E-state index is -0.148. The van der Waals surface area contributed by atoms with E-state index in [4.69, 9.17) is 0 Å². The van der Waals surface area contributed by atoms with Gasteiger partial charge in [0.25, 0.3) is 0 Å². The van der Waals surface area contributed by atoms with Crippen LogP contribution in [-0.2, 0) is 25.8 Å². The molecule has 0 atom stereocenters. The highest BCUT2D eigenvalue weighted by atomic mass is 19.1. The highest BCUT2D eigenvalue weighted by Gasteiger charge is 2.11. The van der Waals surface area contributed by atoms with Crippen LogP contribution in [0, 0.1) is 5.82 Å². The zero-order valence-electron chi connectivity index (χ0n) is 10.7. The van der Waals surface area contributed by atoms with Gasteiger partial charge in [0.2, 0.25) is 0 Å². The third-order valence-electron chi connectivity index (χ3n) is 3.43. The molecule has 0 unspecified atom stereocenters. The van der Waals surface area contributed by atoms with Crippen molar-refractivity contribution in [3.8, 4) is 0 Å². The Morgan fingerprint density at radius 2 is 2.11 bits per heavy atom. The Kier molecular flexibility index (Phi) is 3.51. The van der Waals surface area contributed by atoms with E-state index in [-0.39, 0.29) is 5.82 Å². The first-order chi connectivity index (χ1) is 9.33. The first-order valence-corrected chi connectivity index (χ1v) is 6.61. The van der Waals surface area contributed by atoms with Crippen molar-refractivity contribution < 1.29 is 4.39 Å². The van der Waals surface area contributed by atoms with Gasteiger partial charge in [0.1, 0.15) is 11.6 Å². The molecular formula is C15H16FN3. The third kappa shape index (κ3) is 2.79. The van der Waals surface area contributed by atoms with Gasteiger partial charge in [-0.05, 0) is 18.1 Å². The maximum absolute atomic E-state index is 13.5. The second kappa shape index (κ2) is 5.45. The maximum Gasteiger partial charge on any atom is 0.128 e. The zero-order chi connectivity index (χ0) is 13.1. The van der Waals surface area contributed by atoms with Gasteiger partial charge >= 0.3 is 0 Å². The van der Waals surface area contributed by atoms with Crippen molar-refractivity contribution in [1.29, 1.82) is 0 Å². The molecule has 1 N–H and O–H groups in total. The summed E-state index contributed by atoms with van der Waals surface area (Å²) in [6.45, 7) is 1.82. The predicted octanol–water partition coefficient (Wildman–Crippen LogP) is 2.05. The second-order valence-electron chi connectivity index (χ2n) is 4.78. The number of rotatable bonds is 3. The Morgan fingerprint density at radius 3 is 3.00 bits per heavy atom. The van der Waals surface area contributed by atoms with Crippen molar-refractivity contribution in [3.63, 3.8) is 0 Å². The van der Waals surface area contributed by atoms with Crippen molar-refractivity contribution in [2.45, 2.75) is 25.8 Å². The van der Waals surface area contributed by atoms with Crippen molar-refractivity contribution in [1.82, 2.24) is 15.3 Å². The highest BCUT2D eigenvalue weighted by molar-refractivity contribution is 5.21. The molecule has 3 rings (SSSR count). The van der Waals surface area contributed by atoms with Crippen LogP contribution in [0.15, 0.2) is 30.5 Å². The number of aryl methyl sites for hydroxylation is 2. The van der Waals surface area contributed by atoms with Crippen LogP contribution in [0.5, 0.6) is 0 Å². The van der Waals surface area contributed by atoms with Crippen LogP contribution in [0.2, 0.25) is 0 Å². The van der Waals surface area contributed by atoms with E-state index >= 15 is 0 Å². The zero-order valence-corrected chi connectivity index (χ0v) is 10.7. The Balaban J connectivity index is 1.72. The second-order valence-corrected chi connectivity index (χ2v) is 4.78. The summed E-state index contributed by atoms with van der Waals surface area (Å²) in [4.78, 5) is 8.95. The number of hydrogen-bond donors (Lipinski definition) is 1. The van der Waals surface area contributed by atoms with Crippen LogP contribution in [0.1, 0.15) is 22.6 Å². The van der Waals surface area contributed by atoms with Gasteiger partial charge in [-0.1, -0.05) is 18.2 Å². The minimum Gasteiger partial charge on any atom is -0.312 e. The molecule has 0 fully saturated rings. The topological polar surface area (TPSA) is 37.8 Å². The lowest BCUT2D eigenvalue weighted by Gasteiger charge is -2.16. The van der Waals surface area contributed by atoms with Gasteiger partial charge in [-0.15, -0.1) is 0 Å². The summed E-state index contributed by atoms with van der Waals surface area (Å²) in [6.07, 6.45) is 4.17. The molecule has 1 aliphatic rings. The fourth-order valence-corrected chi connectivity index (χ4v) is 2.35. The van der Waals surface area contributed by atoms with Gasteiger partial charge in [0.05, 0.1) is 0 Å². The van der Waals surface area contributed by atoms with Crippen molar-refractivity contribution in [2.24, 2.45) is 0 Å². The molecular weight excluding hydrogens is 241 g/mol. The molecule has 3 nitrogen and oxygen atoms in total. The van der Waals surface area contributed by atoms with Gasteiger partial charge in [0.15, 0.2) is 0 Å². The molecule has 1 aromatic heterocycles. The number of aromatic nitrogens is 2. The van der Waals surface area contributed by atoms with E-state index in [9.17, 15) is 4.39 Å². The first kappa shape index (κ1) is 12.2. The molecule has 0 radical (unpaired) electrons. The van der Waals surface area contributed by atoms with Crippen LogP contribution in [0.4, 0.5) is 4.39 Å². The van der Waals surface area contributed by atoms with E-state index in [0.717, 1.165) is 36.6 Å². The molecule has 0 aliphatic carbocycles. The Labute approximate surface area is 111 Å². The fraction of sp³-hybridized carbons (Fsp3) is 0.333. The van der Waals surface area contributed by atoms with Crippen molar-refractivity contribution in [3.05, 3.63) is 58.9 Å². The standard InChI is InChI=1S/C15H16FN3/c16-13-4-2-1-3-11(13)5-6-15-18-10-12-9-17-8-7-14(12)19-15/h1-4,10,17H,5-9H2. The van der Waals surface area contributed by atoms with E-state index < -0.39 is 0 Å². The SMILES string of the molecule is Fc1ccccc1CCc1ncc2c(n1)CCNC2. The summed E-state index contributed by atoms with van der Waals surface area (Å²) in [7, 11) is 0. The summed E-state index contributed by atoms with van der Waals surface area (Å²) in [5.41, 5.74) is 3.05. The average Bonchev–Trinajstić information content (AvgIpc) is 2.46. The molecule has 0 saturated carbocycles. The number of halogens is 1. The largest absolute Gasteiger partial charge is 0.312 e. The normalized spacial score (nSPS) is 14.2. The van der Waals surface area contributed by atoms with E-state index in [1.807, 2.05) is 18.3 Å². The summed E-state index contributed by atoms with van der Waals surface area (Å²) < 4.78 is 13.5. The summed E-state index contributed by atoms with van der Waals surface area (Å²) >= 11 is 0. The third-order valence-corrected chi connectivity index (χ3v) is 3.43. The smallest absolute Gasteiger partial charge is 0.128 e. The Bertz CT molecular complexity index is 583. The average molecular weight is 257 g/mol. The van der Waals surface area contributed by atoms with E-state index in [1.54, 1.807) is 6.07 Å². The van der Waals surface area contributed by atoms with Crippen LogP contribution in [0.3, 0.4) is 0 Å². The van der Waals surface area contributed by atoms with E-state index in [0.29, 0.717) is 12.8 Å². The lowest BCUT2D eigenvalue weighted by atomic mass is 10.1. The molecule has 4 heteroatoms. The van der Waals surface area contributed by atoms with Gasteiger partial charge in [-0.3, -0.25) is 0 Å². The maximum atomic E-state index is 13.5. The van der Waals surface area contributed by atoms with Crippen LogP contribution < -0.4 is 5.32 Å². The lowest BCUT2D eigenvalue weighted by Crippen LogP contribution is -2.25. The molecule has 2 aromatic rings. The van der Waals surface area contributed by atoms with E-state index in [2.05, 4.69) is 15.3 Å². The molecule has 0 bridgehead atoms. The first-order valence-electron chi connectivity index (χ1n) is 6.61. The Hall–Kier alpha value is -1.81. The fourth-order valence-electron chi connectivity index (χ4n) is 2.35. The van der Waals surface area contributed by atoms with Gasteiger partial charge in [0, 0.05) is 43.4 Å². The van der Waals surface area contributed by atoms with Crippen LogP contribution in [0.25, 0.3) is 0 Å². The number of nitrogens with zero attached hydrogens (tertiary/aromatic N) is 2. The molecule has 98 valence electrons. The number of nitrogens with one attached hydrogen (secondary N) is 1.